The Labute approximate surface area is 138 Å². The Balaban J connectivity index is 0.00000180. The summed E-state index contributed by atoms with van der Waals surface area (Å²) in [4.78, 5) is 4.22. The molecule has 2 aromatic rings. The molecule has 0 fully saturated rings. The van der Waals surface area contributed by atoms with E-state index >= 15 is 0 Å². The van der Waals surface area contributed by atoms with Crippen molar-refractivity contribution >= 4 is 40.9 Å². The van der Waals surface area contributed by atoms with Gasteiger partial charge in [-0.3, -0.25) is 0 Å². The van der Waals surface area contributed by atoms with Gasteiger partial charge in [0.2, 0.25) is 0 Å². The largest absolute Gasteiger partial charge is 0.378 e. The van der Waals surface area contributed by atoms with Crippen LogP contribution in [0.3, 0.4) is 0 Å². The fourth-order valence-electron chi connectivity index (χ4n) is 1.90. The SMILES string of the molecule is CN(C)c1ccc(-c2ccc(N(C)C)cc2)cc1.[Na]. The van der Waals surface area contributed by atoms with Crippen LogP contribution in [-0.2, 0) is 0 Å². The molecular weight excluding hydrogens is 243 g/mol. The second-order valence-corrected chi connectivity index (χ2v) is 4.88. The molecule has 0 amide bonds. The third kappa shape index (κ3) is 4.00. The third-order valence-corrected chi connectivity index (χ3v) is 3.10. The average Bonchev–Trinajstić information content (AvgIpc) is 2.39. The van der Waals surface area contributed by atoms with E-state index in [0.717, 1.165) is 0 Å². The zero-order valence-corrected chi connectivity index (χ0v) is 14.5. The first kappa shape index (κ1) is 16.1. The van der Waals surface area contributed by atoms with E-state index in [2.05, 4.69) is 86.5 Å². The summed E-state index contributed by atoms with van der Waals surface area (Å²) >= 11 is 0. The normalized spacial score (nSPS) is 9.68. The van der Waals surface area contributed by atoms with E-state index < -0.39 is 0 Å². The zero-order valence-electron chi connectivity index (χ0n) is 12.5. The van der Waals surface area contributed by atoms with Crippen LogP contribution in [0.4, 0.5) is 11.4 Å². The van der Waals surface area contributed by atoms with Crippen LogP contribution in [-0.4, -0.2) is 57.7 Å². The van der Waals surface area contributed by atoms with Gasteiger partial charge in [0.15, 0.2) is 0 Å². The summed E-state index contributed by atoms with van der Waals surface area (Å²) in [5, 5.41) is 0. The second-order valence-electron chi connectivity index (χ2n) is 4.88. The van der Waals surface area contributed by atoms with Crippen LogP contribution in [0.1, 0.15) is 0 Å². The van der Waals surface area contributed by atoms with Crippen molar-refractivity contribution in [3.8, 4) is 11.1 Å². The van der Waals surface area contributed by atoms with Crippen LogP contribution in [0.2, 0.25) is 0 Å². The molecule has 0 saturated heterocycles. The van der Waals surface area contributed by atoms with E-state index in [1.165, 1.54) is 22.5 Å². The Kier molecular flexibility index (Phi) is 5.92. The van der Waals surface area contributed by atoms with Crippen molar-refractivity contribution in [1.82, 2.24) is 0 Å². The van der Waals surface area contributed by atoms with Crippen molar-refractivity contribution in [2.75, 3.05) is 38.0 Å². The second kappa shape index (κ2) is 6.99. The Hall–Kier alpha value is -0.960. The van der Waals surface area contributed by atoms with E-state index in [4.69, 9.17) is 0 Å². The number of anilines is 2. The molecule has 0 bridgehead atoms. The molecule has 0 aliphatic rings. The molecule has 0 aliphatic heterocycles. The van der Waals surface area contributed by atoms with Gasteiger partial charge in [0, 0.05) is 69.1 Å². The minimum Gasteiger partial charge on any atom is -0.378 e. The maximum absolute atomic E-state index is 2.17. The molecule has 3 heteroatoms. The van der Waals surface area contributed by atoms with Gasteiger partial charge in [-0.1, -0.05) is 24.3 Å². The number of rotatable bonds is 3. The van der Waals surface area contributed by atoms with Gasteiger partial charge < -0.3 is 9.80 Å². The van der Waals surface area contributed by atoms with E-state index in [-0.39, 0.29) is 29.6 Å². The molecule has 0 N–H and O–H groups in total. The number of nitrogens with zero attached hydrogens (tertiary/aromatic N) is 2. The maximum Gasteiger partial charge on any atom is 0.0361 e. The number of hydrogen-bond acceptors (Lipinski definition) is 2. The Morgan fingerprint density at radius 2 is 0.789 bits per heavy atom. The van der Waals surface area contributed by atoms with Crippen molar-refractivity contribution in [2.45, 2.75) is 0 Å². The molecule has 0 unspecified atom stereocenters. The van der Waals surface area contributed by atoms with Gasteiger partial charge in [0.1, 0.15) is 0 Å². The van der Waals surface area contributed by atoms with Crippen LogP contribution < -0.4 is 9.80 Å². The van der Waals surface area contributed by atoms with Gasteiger partial charge in [0.25, 0.3) is 0 Å². The topological polar surface area (TPSA) is 6.48 Å². The van der Waals surface area contributed by atoms with Crippen molar-refractivity contribution in [3.05, 3.63) is 48.5 Å². The van der Waals surface area contributed by atoms with Gasteiger partial charge in [-0.25, -0.2) is 0 Å². The van der Waals surface area contributed by atoms with Gasteiger partial charge in [-0.05, 0) is 35.4 Å². The smallest absolute Gasteiger partial charge is 0.0361 e. The van der Waals surface area contributed by atoms with Gasteiger partial charge in [-0.2, -0.15) is 0 Å². The molecule has 1 radical (unpaired) electrons. The molecule has 0 saturated carbocycles. The first-order valence-electron chi connectivity index (χ1n) is 6.13. The molecule has 0 aliphatic carbocycles. The minimum atomic E-state index is 0. The molecular formula is C16H20N2Na. The molecule has 2 nitrogen and oxygen atoms in total. The Morgan fingerprint density at radius 3 is 1.00 bits per heavy atom. The summed E-state index contributed by atoms with van der Waals surface area (Å²) < 4.78 is 0. The summed E-state index contributed by atoms with van der Waals surface area (Å²) in [5.74, 6) is 0. The molecule has 19 heavy (non-hydrogen) atoms. The third-order valence-electron chi connectivity index (χ3n) is 3.10. The fraction of sp³-hybridized carbons (Fsp3) is 0.250. The van der Waals surface area contributed by atoms with Crippen LogP contribution in [0, 0.1) is 0 Å². The van der Waals surface area contributed by atoms with Crippen LogP contribution >= 0.6 is 0 Å². The van der Waals surface area contributed by atoms with Gasteiger partial charge in [0.05, 0.1) is 0 Å². The van der Waals surface area contributed by atoms with E-state index in [9.17, 15) is 0 Å². The molecule has 0 heterocycles. The first-order valence-corrected chi connectivity index (χ1v) is 6.13. The Bertz CT molecular complexity index is 452. The van der Waals surface area contributed by atoms with E-state index in [1.807, 2.05) is 0 Å². The first-order chi connectivity index (χ1) is 8.58. The average molecular weight is 263 g/mol. The van der Waals surface area contributed by atoms with Crippen molar-refractivity contribution in [3.63, 3.8) is 0 Å². The standard InChI is InChI=1S/C16H20N2.Na/c1-17(2)15-9-5-13(6-10-15)14-7-11-16(12-8-14)18(3)4;/h5-12H,1-4H3;. The summed E-state index contributed by atoms with van der Waals surface area (Å²) in [7, 11) is 8.23. The van der Waals surface area contributed by atoms with E-state index in [1.54, 1.807) is 0 Å². The van der Waals surface area contributed by atoms with Crippen LogP contribution in [0.5, 0.6) is 0 Å². The Morgan fingerprint density at radius 1 is 0.526 bits per heavy atom. The van der Waals surface area contributed by atoms with Crippen molar-refractivity contribution in [1.29, 1.82) is 0 Å². The van der Waals surface area contributed by atoms with Gasteiger partial charge in [-0.15, -0.1) is 0 Å². The molecule has 2 aromatic carbocycles. The summed E-state index contributed by atoms with van der Waals surface area (Å²) in [5.41, 5.74) is 4.96. The monoisotopic (exact) mass is 263 g/mol. The predicted octanol–water partition coefficient (Wildman–Crippen LogP) is 3.10. The molecule has 0 spiro atoms. The molecule has 0 aromatic heterocycles. The maximum atomic E-state index is 2.17. The summed E-state index contributed by atoms with van der Waals surface area (Å²) in [6.45, 7) is 0. The van der Waals surface area contributed by atoms with E-state index in [0.29, 0.717) is 0 Å². The van der Waals surface area contributed by atoms with Crippen molar-refractivity contribution < 1.29 is 0 Å². The fourth-order valence-corrected chi connectivity index (χ4v) is 1.90. The summed E-state index contributed by atoms with van der Waals surface area (Å²) in [6, 6.07) is 17.3. The minimum absolute atomic E-state index is 0. The molecule has 2 rings (SSSR count). The van der Waals surface area contributed by atoms with Crippen molar-refractivity contribution in [2.24, 2.45) is 0 Å². The molecule has 0 atom stereocenters. The number of benzene rings is 2. The van der Waals surface area contributed by atoms with Gasteiger partial charge >= 0.3 is 0 Å². The number of hydrogen-bond donors (Lipinski definition) is 0. The molecule has 95 valence electrons. The zero-order chi connectivity index (χ0) is 13.1. The predicted molar refractivity (Wildman–Crippen MR) is 86.3 cm³/mol. The summed E-state index contributed by atoms with van der Waals surface area (Å²) in [6.07, 6.45) is 0. The van der Waals surface area contributed by atoms with Crippen LogP contribution in [0.25, 0.3) is 11.1 Å². The quantitative estimate of drug-likeness (QED) is 0.785. The van der Waals surface area contributed by atoms with Crippen LogP contribution in [0.15, 0.2) is 48.5 Å².